The highest BCUT2D eigenvalue weighted by atomic mass is 32.2. The van der Waals surface area contributed by atoms with Crippen LogP contribution in [0.3, 0.4) is 0 Å². The van der Waals surface area contributed by atoms with Gasteiger partial charge in [-0.05, 0) is 39.0 Å². The molecule has 2 aliphatic rings. The second-order valence-corrected chi connectivity index (χ2v) is 8.50. The predicted molar refractivity (Wildman–Crippen MR) is 69.5 cm³/mol. The summed E-state index contributed by atoms with van der Waals surface area (Å²) in [4.78, 5) is 11.6. The summed E-state index contributed by atoms with van der Waals surface area (Å²) in [6, 6.07) is 0. The summed E-state index contributed by atoms with van der Waals surface area (Å²) in [5.74, 6) is 0.261. The third kappa shape index (κ3) is 2.69. The van der Waals surface area contributed by atoms with Gasteiger partial charge in [-0.1, -0.05) is 6.92 Å². The SMILES string of the molecule is CC1CCC(S(=O)(=O)N2CC(=O)NC(C)(C)C2)C1. The number of nitrogens with one attached hydrogen (secondary N) is 1. The molecule has 0 bridgehead atoms. The highest BCUT2D eigenvalue weighted by molar-refractivity contribution is 7.89. The molecule has 104 valence electrons. The Balaban J connectivity index is 2.17. The number of piperazine rings is 1. The van der Waals surface area contributed by atoms with Crippen molar-refractivity contribution in [2.45, 2.75) is 50.8 Å². The smallest absolute Gasteiger partial charge is 0.235 e. The molecule has 1 aliphatic heterocycles. The van der Waals surface area contributed by atoms with Crippen LogP contribution in [0.25, 0.3) is 0 Å². The Morgan fingerprint density at radius 1 is 1.33 bits per heavy atom. The highest BCUT2D eigenvalue weighted by Crippen LogP contribution is 2.32. The van der Waals surface area contributed by atoms with Crippen molar-refractivity contribution in [2.24, 2.45) is 5.92 Å². The minimum absolute atomic E-state index is 0.0311. The molecule has 0 radical (unpaired) electrons. The molecule has 0 aromatic heterocycles. The van der Waals surface area contributed by atoms with E-state index in [9.17, 15) is 13.2 Å². The molecule has 1 N–H and O–H groups in total. The summed E-state index contributed by atoms with van der Waals surface area (Å²) in [5, 5.41) is 2.51. The van der Waals surface area contributed by atoms with Crippen molar-refractivity contribution in [3.8, 4) is 0 Å². The van der Waals surface area contributed by atoms with Gasteiger partial charge in [0.15, 0.2) is 0 Å². The molecule has 0 aromatic carbocycles. The van der Waals surface area contributed by atoms with E-state index >= 15 is 0 Å². The molecule has 1 saturated heterocycles. The fraction of sp³-hybridized carbons (Fsp3) is 0.917. The van der Waals surface area contributed by atoms with E-state index in [1.54, 1.807) is 0 Å². The number of rotatable bonds is 2. The zero-order chi connectivity index (χ0) is 13.6. The van der Waals surface area contributed by atoms with Gasteiger partial charge in [0.2, 0.25) is 15.9 Å². The highest BCUT2D eigenvalue weighted by Gasteiger charge is 2.42. The zero-order valence-electron chi connectivity index (χ0n) is 11.3. The third-order valence-electron chi connectivity index (χ3n) is 3.80. The Bertz CT molecular complexity index is 444. The van der Waals surface area contributed by atoms with E-state index in [0.717, 1.165) is 19.3 Å². The topological polar surface area (TPSA) is 66.5 Å². The van der Waals surface area contributed by atoms with Crippen molar-refractivity contribution in [3.05, 3.63) is 0 Å². The minimum atomic E-state index is -3.33. The lowest BCUT2D eigenvalue weighted by molar-refractivity contribution is -0.125. The van der Waals surface area contributed by atoms with Gasteiger partial charge in [-0.3, -0.25) is 4.79 Å². The molecule has 6 heteroatoms. The third-order valence-corrected chi connectivity index (χ3v) is 6.05. The van der Waals surface area contributed by atoms with Crippen molar-refractivity contribution >= 4 is 15.9 Å². The normalized spacial score (nSPS) is 33.4. The van der Waals surface area contributed by atoms with Crippen LogP contribution in [-0.2, 0) is 14.8 Å². The van der Waals surface area contributed by atoms with E-state index in [0.29, 0.717) is 12.5 Å². The molecular formula is C12H22N2O3S. The van der Waals surface area contributed by atoms with Gasteiger partial charge in [0, 0.05) is 12.1 Å². The second-order valence-electron chi connectivity index (χ2n) is 6.29. The molecule has 2 rings (SSSR count). The van der Waals surface area contributed by atoms with Gasteiger partial charge in [0.1, 0.15) is 0 Å². The molecule has 18 heavy (non-hydrogen) atoms. The fourth-order valence-corrected chi connectivity index (χ4v) is 5.16. The average Bonchev–Trinajstić information content (AvgIpc) is 2.62. The molecular weight excluding hydrogens is 252 g/mol. The second kappa shape index (κ2) is 4.49. The standard InChI is InChI=1S/C12H22N2O3S/c1-9-4-5-10(6-9)18(16,17)14-7-11(15)13-12(2,3)8-14/h9-10H,4-8H2,1-3H3,(H,13,15). The van der Waals surface area contributed by atoms with Crippen LogP contribution in [0, 0.1) is 5.92 Å². The van der Waals surface area contributed by atoms with Crippen LogP contribution in [-0.4, -0.2) is 42.5 Å². The number of hydrogen-bond acceptors (Lipinski definition) is 3. The van der Waals surface area contributed by atoms with E-state index in [1.807, 2.05) is 13.8 Å². The fourth-order valence-electron chi connectivity index (χ4n) is 2.93. The molecule has 1 heterocycles. The monoisotopic (exact) mass is 274 g/mol. The van der Waals surface area contributed by atoms with E-state index < -0.39 is 15.6 Å². The van der Waals surface area contributed by atoms with Crippen LogP contribution in [0.4, 0.5) is 0 Å². The van der Waals surface area contributed by atoms with Gasteiger partial charge < -0.3 is 5.32 Å². The maximum atomic E-state index is 12.5. The van der Waals surface area contributed by atoms with Crippen molar-refractivity contribution in [1.29, 1.82) is 0 Å². The molecule has 0 spiro atoms. The maximum absolute atomic E-state index is 12.5. The van der Waals surface area contributed by atoms with Gasteiger partial charge >= 0.3 is 0 Å². The van der Waals surface area contributed by atoms with Gasteiger partial charge in [0.05, 0.1) is 11.8 Å². The number of nitrogens with zero attached hydrogens (tertiary/aromatic N) is 1. The quantitative estimate of drug-likeness (QED) is 0.806. The lowest BCUT2D eigenvalue weighted by Crippen LogP contribution is -2.62. The van der Waals surface area contributed by atoms with Crippen LogP contribution < -0.4 is 5.32 Å². The first kappa shape index (κ1) is 13.8. The Morgan fingerprint density at radius 2 is 2.00 bits per heavy atom. The summed E-state index contributed by atoms with van der Waals surface area (Å²) < 4.78 is 26.4. The predicted octanol–water partition coefficient (Wildman–Crippen LogP) is 0.715. The first-order valence-corrected chi connectivity index (χ1v) is 8.01. The van der Waals surface area contributed by atoms with Crippen molar-refractivity contribution in [3.63, 3.8) is 0 Å². The Labute approximate surface area is 109 Å². The molecule has 2 atom stereocenters. The largest absolute Gasteiger partial charge is 0.349 e. The molecule has 2 fully saturated rings. The number of amides is 1. The van der Waals surface area contributed by atoms with Gasteiger partial charge in [-0.2, -0.15) is 4.31 Å². The minimum Gasteiger partial charge on any atom is -0.349 e. The van der Waals surface area contributed by atoms with Crippen molar-refractivity contribution in [2.75, 3.05) is 13.1 Å². The summed E-state index contributed by atoms with van der Waals surface area (Å²) in [5.41, 5.74) is -0.480. The van der Waals surface area contributed by atoms with Crippen LogP contribution in [0.15, 0.2) is 0 Å². The van der Waals surface area contributed by atoms with E-state index in [-0.39, 0.29) is 17.7 Å². The Hall–Kier alpha value is -0.620. The Morgan fingerprint density at radius 3 is 2.50 bits per heavy atom. The first-order valence-electron chi connectivity index (χ1n) is 6.51. The van der Waals surface area contributed by atoms with E-state index in [1.165, 1.54) is 4.31 Å². The molecule has 2 unspecified atom stereocenters. The molecule has 1 aliphatic carbocycles. The summed E-state index contributed by atoms with van der Waals surface area (Å²) in [6.07, 6.45) is 2.41. The van der Waals surface area contributed by atoms with Crippen LogP contribution in [0.2, 0.25) is 0 Å². The molecule has 1 amide bonds. The maximum Gasteiger partial charge on any atom is 0.235 e. The van der Waals surface area contributed by atoms with Crippen LogP contribution in [0.1, 0.15) is 40.0 Å². The first-order chi connectivity index (χ1) is 8.21. The van der Waals surface area contributed by atoms with E-state index in [4.69, 9.17) is 0 Å². The van der Waals surface area contributed by atoms with E-state index in [2.05, 4.69) is 12.2 Å². The van der Waals surface area contributed by atoms with Crippen LogP contribution in [0.5, 0.6) is 0 Å². The lowest BCUT2D eigenvalue weighted by Gasteiger charge is -2.38. The van der Waals surface area contributed by atoms with Crippen molar-refractivity contribution in [1.82, 2.24) is 9.62 Å². The summed E-state index contributed by atoms with van der Waals surface area (Å²) in [6.45, 7) is 6.12. The van der Waals surface area contributed by atoms with Gasteiger partial charge in [-0.25, -0.2) is 8.42 Å². The average molecular weight is 274 g/mol. The number of hydrogen-bond donors (Lipinski definition) is 1. The number of sulfonamides is 1. The van der Waals surface area contributed by atoms with Gasteiger partial charge in [-0.15, -0.1) is 0 Å². The molecule has 0 aromatic rings. The zero-order valence-corrected chi connectivity index (χ0v) is 12.1. The Kier molecular flexibility index (Phi) is 3.44. The number of carbonyl (C=O) groups is 1. The lowest BCUT2D eigenvalue weighted by atomic mass is 10.0. The van der Waals surface area contributed by atoms with Crippen LogP contribution >= 0.6 is 0 Å². The molecule has 5 nitrogen and oxygen atoms in total. The van der Waals surface area contributed by atoms with Gasteiger partial charge in [0.25, 0.3) is 0 Å². The summed E-state index contributed by atoms with van der Waals surface area (Å²) in [7, 11) is -3.33. The number of carbonyl (C=O) groups excluding carboxylic acids is 1. The van der Waals surface area contributed by atoms with Crippen molar-refractivity contribution < 1.29 is 13.2 Å². The summed E-state index contributed by atoms with van der Waals surface area (Å²) >= 11 is 0. The molecule has 1 saturated carbocycles.